The van der Waals surface area contributed by atoms with Gasteiger partial charge in [0.1, 0.15) is 5.82 Å². The van der Waals surface area contributed by atoms with Crippen LogP contribution in [-0.2, 0) is 17.8 Å². The molecule has 0 aliphatic carbocycles. The van der Waals surface area contributed by atoms with Crippen LogP contribution in [0.15, 0.2) is 47.3 Å². The normalized spacial score (nSPS) is 12.2. The number of aromatic amines is 2. The van der Waals surface area contributed by atoms with Gasteiger partial charge in [-0.05, 0) is 35.7 Å². The minimum Gasteiger partial charge on any atom is -0.352 e. The number of hydrogen-bond acceptors (Lipinski definition) is 2. The SMILES string of the molecule is CC(Cc1ccccc1F)C(=O)NCc1ccc2[nH]c(=O)[nH]c2c1. The number of rotatable bonds is 5. The second-order valence-electron chi connectivity index (χ2n) is 5.87. The summed E-state index contributed by atoms with van der Waals surface area (Å²) < 4.78 is 13.7. The molecule has 1 amide bonds. The summed E-state index contributed by atoms with van der Waals surface area (Å²) in [5, 5.41) is 2.85. The Morgan fingerprint density at radius 2 is 1.92 bits per heavy atom. The van der Waals surface area contributed by atoms with E-state index in [0.717, 1.165) is 11.1 Å². The van der Waals surface area contributed by atoms with Crippen LogP contribution in [0, 0.1) is 11.7 Å². The highest BCUT2D eigenvalue weighted by Crippen LogP contribution is 2.14. The van der Waals surface area contributed by atoms with Gasteiger partial charge in [-0.25, -0.2) is 9.18 Å². The molecule has 0 aliphatic heterocycles. The van der Waals surface area contributed by atoms with Crippen molar-refractivity contribution in [3.05, 3.63) is 69.9 Å². The lowest BCUT2D eigenvalue weighted by atomic mass is 10.00. The van der Waals surface area contributed by atoms with Crippen molar-refractivity contribution in [2.24, 2.45) is 5.92 Å². The number of hydrogen-bond donors (Lipinski definition) is 3. The zero-order chi connectivity index (χ0) is 17.1. The maximum Gasteiger partial charge on any atom is 0.323 e. The standard InChI is InChI=1S/C18H18FN3O2/c1-11(8-13-4-2-3-5-14(13)19)17(23)20-10-12-6-7-15-16(9-12)22-18(24)21-15/h2-7,9,11H,8,10H2,1H3,(H,20,23)(H2,21,22,24). The third kappa shape index (κ3) is 3.53. The molecule has 5 nitrogen and oxygen atoms in total. The van der Waals surface area contributed by atoms with E-state index in [1.807, 2.05) is 12.1 Å². The molecule has 0 saturated carbocycles. The average molecular weight is 327 g/mol. The summed E-state index contributed by atoms with van der Waals surface area (Å²) in [4.78, 5) is 28.8. The van der Waals surface area contributed by atoms with Crippen LogP contribution in [0.2, 0.25) is 0 Å². The lowest BCUT2D eigenvalue weighted by molar-refractivity contribution is -0.124. The van der Waals surface area contributed by atoms with E-state index in [2.05, 4.69) is 15.3 Å². The maximum atomic E-state index is 13.7. The number of halogens is 1. The molecule has 124 valence electrons. The molecule has 0 radical (unpaired) electrons. The number of carbonyl (C=O) groups excluding carboxylic acids is 1. The van der Waals surface area contributed by atoms with E-state index < -0.39 is 0 Å². The first-order valence-corrected chi connectivity index (χ1v) is 7.75. The van der Waals surface area contributed by atoms with Crippen LogP contribution in [-0.4, -0.2) is 15.9 Å². The average Bonchev–Trinajstić information content (AvgIpc) is 2.93. The molecule has 1 aromatic heterocycles. The smallest absolute Gasteiger partial charge is 0.323 e. The van der Waals surface area contributed by atoms with Gasteiger partial charge >= 0.3 is 5.69 Å². The molecule has 3 N–H and O–H groups in total. The highest BCUT2D eigenvalue weighted by molar-refractivity contribution is 5.79. The molecule has 2 aromatic carbocycles. The first-order chi connectivity index (χ1) is 11.5. The zero-order valence-electron chi connectivity index (χ0n) is 13.2. The Morgan fingerprint density at radius 1 is 1.17 bits per heavy atom. The minimum atomic E-state index is -0.335. The van der Waals surface area contributed by atoms with Gasteiger partial charge in [-0.15, -0.1) is 0 Å². The second kappa shape index (κ2) is 6.70. The van der Waals surface area contributed by atoms with E-state index in [4.69, 9.17) is 0 Å². The largest absolute Gasteiger partial charge is 0.352 e. The van der Waals surface area contributed by atoms with E-state index >= 15 is 0 Å². The van der Waals surface area contributed by atoms with Gasteiger partial charge in [0, 0.05) is 12.5 Å². The summed E-state index contributed by atoms with van der Waals surface area (Å²) in [6.45, 7) is 2.12. The van der Waals surface area contributed by atoms with Crippen molar-refractivity contribution in [1.82, 2.24) is 15.3 Å². The highest BCUT2D eigenvalue weighted by atomic mass is 19.1. The number of carbonyl (C=O) groups is 1. The van der Waals surface area contributed by atoms with Crippen molar-refractivity contribution in [2.75, 3.05) is 0 Å². The second-order valence-corrected chi connectivity index (χ2v) is 5.87. The van der Waals surface area contributed by atoms with E-state index in [1.54, 1.807) is 31.2 Å². The fourth-order valence-electron chi connectivity index (χ4n) is 2.64. The van der Waals surface area contributed by atoms with Crippen LogP contribution in [0.4, 0.5) is 4.39 Å². The van der Waals surface area contributed by atoms with Gasteiger partial charge in [-0.2, -0.15) is 0 Å². The van der Waals surface area contributed by atoms with Gasteiger partial charge in [0.25, 0.3) is 0 Å². The molecule has 0 bridgehead atoms. The monoisotopic (exact) mass is 327 g/mol. The van der Waals surface area contributed by atoms with Crippen molar-refractivity contribution in [1.29, 1.82) is 0 Å². The lowest BCUT2D eigenvalue weighted by Crippen LogP contribution is -2.30. The Labute approximate surface area is 137 Å². The number of benzene rings is 2. The van der Waals surface area contributed by atoms with E-state index in [9.17, 15) is 14.0 Å². The molecule has 0 spiro atoms. The Morgan fingerprint density at radius 3 is 2.71 bits per heavy atom. The molecule has 3 rings (SSSR count). The summed E-state index contributed by atoms with van der Waals surface area (Å²) in [5.74, 6) is -0.766. The van der Waals surface area contributed by atoms with E-state index in [1.165, 1.54) is 6.07 Å². The van der Waals surface area contributed by atoms with Gasteiger partial charge in [0.05, 0.1) is 11.0 Å². The zero-order valence-corrected chi connectivity index (χ0v) is 13.2. The number of imidazole rings is 1. The quantitative estimate of drug-likeness (QED) is 0.673. The molecule has 1 heterocycles. The predicted octanol–water partition coefficient (Wildman–Crippen LogP) is 2.49. The number of nitrogens with one attached hydrogen (secondary N) is 3. The Balaban J connectivity index is 1.61. The van der Waals surface area contributed by atoms with Gasteiger partial charge in [-0.3, -0.25) is 4.79 Å². The Hall–Kier alpha value is -2.89. The van der Waals surface area contributed by atoms with Crippen molar-refractivity contribution in [2.45, 2.75) is 19.9 Å². The molecular formula is C18H18FN3O2. The molecule has 1 unspecified atom stereocenters. The first-order valence-electron chi connectivity index (χ1n) is 7.75. The molecule has 24 heavy (non-hydrogen) atoms. The topological polar surface area (TPSA) is 77.8 Å². The van der Waals surface area contributed by atoms with Gasteiger partial charge in [0.2, 0.25) is 5.91 Å². The number of H-pyrrole nitrogens is 2. The fourth-order valence-corrected chi connectivity index (χ4v) is 2.64. The molecule has 1 atom stereocenters. The molecule has 3 aromatic rings. The summed E-state index contributed by atoms with van der Waals surface area (Å²) in [6, 6.07) is 11.9. The molecule has 0 saturated heterocycles. The van der Waals surface area contributed by atoms with Crippen LogP contribution < -0.4 is 11.0 Å². The van der Waals surface area contributed by atoms with Gasteiger partial charge in [-0.1, -0.05) is 31.2 Å². The molecular weight excluding hydrogens is 309 g/mol. The first kappa shape index (κ1) is 16.0. The summed E-state index contributed by atoms with van der Waals surface area (Å²) >= 11 is 0. The van der Waals surface area contributed by atoms with Crippen LogP contribution >= 0.6 is 0 Å². The number of aromatic nitrogens is 2. The van der Waals surface area contributed by atoms with Crippen molar-refractivity contribution < 1.29 is 9.18 Å². The molecule has 6 heteroatoms. The minimum absolute atomic E-state index is 0.138. The van der Waals surface area contributed by atoms with E-state index in [-0.39, 0.29) is 23.3 Å². The fraction of sp³-hybridized carbons (Fsp3) is 0.222. The maximum absolute atomic E-state index is 13.7. The number of fused-ring (bicyclic) bond motifs is 1. The van der Waals surface area contributed by atoms with E-state index in [0.29, 0.717) is 24.0 Å². The van der Waals surface area contributed by atoms with Gasteiger partial charge < -0.3 is 15.3 Å². The predicted molar refractivity (Wildman–Crippen MR) is 90.0 cm³/mol. The molecule has 0 fully saturated rings. The lowest BCUT2D eigenvalue weighted by Gasteiger charge is -2.13. The van der Waals surface area contributed by atoms with Crippen LogP contribution in [0.1, 0.15) is 18.1 Å². The van der Waals surface area contributed by atoms with Crippen LogP contribution in [0.5, 0.6) is 0 Å². The third-order valence-corrected chi connectivity index (χ3v) is 3.98. The summed E-state index contributed by atoms with van der Waals surface area (Å²) in [6.07, 6.45) is 0.350. The van der Waals surface area contributed by atoms with Crippen LogP contribution in [0.3, 0.4) is 0 Å². The highest BCUT2D eigenvalue weighted by Gasteiger charge is 2.15. The van der Waals surface area contributed by atoms with Crippen molar-refractivity contribution in [3.63, 3.8) is 0 Å². The van der Waals surface area contributed by atoms with Crippen molar-refractivity contribution >= 4 is 16.9 Å². The Bertz CT molecular complexity index is 929. The third-order valence-electron chi connectivity index (χ3n) is 3.98. The Kier molecular flexibility index (Phi) is 4.46. The number of amides is 1. The van der Waals surface area contributed by atoms with Crippen molar-refractivity contribution in [3.8, 4) is 0 Å². The molecule has 0 aliphatic rings. The van der Waals surface area contributed by atoms with Crippen LogP contribution in [0.25, 0.3) is 11.0 Å². The summed E-state index contributed by atoms with van der Waals surface area (Å²) in [5.41, 5.74) is 2.58. The summed E-state index contributed by atoms with van der Waals surface area (Å²) in [7, 11) is 0. The van der Waals surface area contributed by atoms with Gasteiger partial charge in [0.15, 0.2) is 0 Å².